The maximum atomic E-state index is 12.2. The van der Waals surface area contributed by atoms with Crippen molar-refractivity contribution in [3.8, 4) is 23.7 Å². The van der Waals surface area contributed by atoms with Gasteiger partial charge in [-0.1, -0.05) is 49.3 Å². The van der Waals surface area contributed by atoms with Gasteiger partial charge in [-0.05, 0) is 40.2 Å². The van der Waals surface area contributed by atoms with Crippen molar-refractivity contribution < 1.29 is 9.53 Å². The van der Waals surface area contributed by atoms with Gasteiger partial charge in [0, 0.05) is 17.5 Å². The van der Waals surface area contributed by atoms with Crippen LogP contribution in [-0.4, -0.2) is 5.97 Å². The SMILES string of the molecule is CC#CC(OC(=O)C(C)(C)C)c1ccccc1C#CCCCC. The number of unbranched alkanes of at least 4 members (excludes halogenated alkanes) is 2. The summed E-state index contributed by atoms with van der Waals surface area (Å²) in [7, 11) is 0. The van der Waals surface area contributed by atoms with E-state index in [9.17, 15) is 4.79 Å². The van der Waals surface area contributed by atoms with Crippen molar-refractivity contribution in [2.75, 3.05) is 0 Å². The van der Waals surface area contributed by atoms with Gasteiger partial charge in [-0.3, -0.25) is 4.79 Å². The topological polar surface area (TPSA) is 26.3 Å². The lowest BCUT2D eigenvalue weighted by Crippen LogP contribution is -2.25. The molecule has 0 radical (unpaired) electrons. The average Bonchev–Trinajstić information content (AvgIpc) is 2.50. The first-order valence-electron chi connectivity index (χ1n) is 8.11. The van der Waals surface area contributed by atoms with Crippen LogP contribution in [0.1, 0.15) is 71.1 Å². The molecule has 0 saturated heterocycles. The van der Waals surface area contributed by atoms with Gasteiger partial charge in [-0.15, -0.1) is 5.92 Å². The molecule has 122 valence electrons. The zero-order valence-corrected chi connectivity index (χ0v) is 14.8. The summed E-state index contributed by atoms with van der Waals surface area (Å²) in [6.45, 7) is 9.40. The van der Waals surface area contributed by atoms with Crippen LogP contribution in [-0.2, 0) is 9.53 Å². The fourth-order valence-corrected chi connectivity index (χ4v) is 1.85. The second-order valence-electron chi connectivity index (χ2n) is 6.42. The van der Waals surface area contributed by atoms with Crippen LogP contribution >= 0.6 is 0 Å². The summed E-state index contributed by atoms with van der Waals surface area (Å²) >= 11 is 0. The minimum atomic E-state index is -0.580. The standard InChI is InChI=1S/C21H26O2/c1-6-8-9-10-14-17-15-11-12-16-18(17)19(13-7-2)23-20(22)21(3,4)5/h11-12,15-16,19H,6,8-9H2,1-5H3. The van der Waals surface area contributed by atoms with Crippen molar-refractivity contribution in [3.63, 3.8) is 0 Å². The van der Waals surface area contributed by atoms with Gasteiger partial charge in [0.1, 0.15) is 0 Å². The molecule has 1 rings (SSSR count). The highest BCUT2D eigenvalue weighted by Gasteiger charge is 2.27. The Morgan fingerprint density at radius 2 is 1.96 bits per heavy atom. The Hall–Kier alpha value is -2.19. The molecule has 1 aromatic carbocycles. The summed E-state index contributed by atoms with van der Waals surface area (Å²) in [5, 5.41) is 0. The van der Waals surface area contributed by atoms with E-state index in [4.69, 9.17) is 4.74 Å². The zero-order chi connectivity index (χ0) is 17.3. The summed E-state index contributed by atoms with van der Waals surface area (Å²) in [6, 6.07) is 7.73. The molecule has 0 N–H and O–H groups in total. The fourth-order valence-electron chi connectivity index (χ4n) is 1.85. The highest BCUT2D eigenvalue weighted by molar-refractivity contribution is 5.76. The Balaban J connectivity index is 3.09. The molecular formula is C21H26O2. The number of hydrogen-bond acceptors (Lipinski definition) is 2. The molecule has 0 aromatic heterocycles. The largest absolute Gasteiger partial charge is 0.444 e. The molecule has 0 saturated carbocycles. The van der Waals surface area contributed by atoms with E-state index in [1.165, 1.54) is 0 Å². The van der Waals surface area contributed by atoms with Crippen molar-refractivity contribution in [1.82, 2.24) is 0 Å². The molecular weight excluding hydrogens is 284 g/mol. The van der Waals surface area contributed by atoms with E-state index in [2.05, 4.69) is 30.6 Å². The summed E-state index contributed by atoms with van der Waals surface area (Å²) < 4.78 is 5.63. The van der Waals surface area contributed by atoms with E-state index in [-0.39, 0.29) is 5.97 Å². The first-order valence-corrected chi connectivity index (χ1v) is 8.11. The van der Waals surface area contributed by atoms with E-state index in [1.807, 2.05) is 45.0 Å². The lowest BCUT2D eigenvalue weighted by molar-refractivity contribution is -0.156. The third-order valence-electron chi connectivity index (χ3n) is 3.23. The van der Waals surface area contributed by atoms with Gasteiger partial charge in [-0.2, -0.15) is 0 Å². The summed E-state index contributed by atoms with van der Waals surface area (Å²) in [5.74, 6) is 11.9. The minimum Gasteiger partial charge on any atom is -0.444 e. The molecule has 0 fully saturated rings. The number of ether oxygens (including phenoxy) is 1. The molecule has 0 aliphatic rings. The van der Waals surface area contributed by atoms with Crippen LogP contribution in [0.2, 0.25) is 0 Å². The molecule has 2 nitrogen and oxygen atoms in total. The second-order valence-corrected chi connectivity index (χ2v) is 6.42. The first-order chi connectivity index (χ1) is 10.9. The van der Waals surface area contributed by atoms with Crippen molar-refractivity contribution in [1.29, 1.82) is 0 Å². The van der Waals surface area contributed by atoms with Crippen LogP contribution in [0.3, 0.4) is 0 Å². The van der Waals surface area contributed by atoms with E-state index in [0.717, 1.165) is 30.4 Å². The van der Waals surface area contributed by atoms with Crippen molar-refractivity contribution in [3.05, 3.63) is 35.4 Å². The van der Waals surface area contributed by atoms with Gasteiger partial charge in [0.25, 0.3) is 0 Å². The molecule has 1 atom stereocenters. The number of carbonyl (C=O) groups excluding carboxylic acids is 1. The number of hydrogen-bond donors (Lipinski definition) is 0. The zero-order valence-electron chi connectivity index (χ0n) is 14.8. The monoisotopic (exact) mass is 310 g/mol. The van der Waals surface area contributed by atoms with E-state index in [0.29, 0.717) is 0 Å². The Bertz CT molecular complexity index is 642. The third kappa shape index (κ3) is 6.21. The first kappa shape index (κ1) is 18.9. The lowest BCUT2D eigenvalue weighted by Gasteiger charge is -2.21. The minimum absolute atomic E-state index is 0.265. The highest BCUT2D eigenvalue weighted by atomic mass is 16.5. The van der Waals surface area contributed by atoms with Gasteiger partial charge in [0.2, 0.25) is 0 Å². The summed E-state index contributed by atoms with van der Waals surface area (Å²) in [4.78, 5) is 12.2. The Kier molecular flexibility index (Phi) is 7.43. The van der Waals surface area contributed by atoms with Crippen molar-refractivity contribution >= 4 is 5.97 Å². The summed E-state index contributed by atoms with van der Waals surface area (Å²) in [6.07, 6.45) is 2.51. The molecule has 0 heterocycles. The average molecular weight is 310 g/mol. The molecule has 0 bridgehead atoms. The van der Waals surface area contributed by atoms with E-state index < -0.39 is 11.5 Å². The molecule has 1 aromatic rings. The molecule has 0 aliphatic heterocycles. The molecule has 0 spiro atoms. The van der Waals surface area contributed by atoms with Crippen LogP contribution in [0.5, 0.6) is 0 Å². The van der Waals surface area contributed by atoms with Crippen molar-refractivity contribution in [2.24, 2.45) is 5.41 Å². The maximum absolute atomic E-state index is 12.2. The van der Waals surface area contributed by atoms with E-state index in [1.54, 1.807) is 6.92 Å². The van der Waals surface area contributed by atoms with Crippen LogP contribution in [0, 0.1) is 29.1 Å². The van der Waals surface area contributed by atoms with Crippen LogP contribution in [0.25, 0.3) is 0 Å². The predicted octanol–water partition coefficient (Wildman–Crippen LogP) is 4.88. The fraction of sp³-hybridized carbons (Fsp3) is 0.476. The highest BCUT2D eigenvalue weighted by Crippen LogP contribution is 2.25. The normalized spacial score (nSPS) is 11.5. The molecule has 2 heteroatoms. The quantitative estimate of drug-likeness (QED) is 0.450. The Labute approximate surface area is 140 Å². The lowest BCUT2D eigenvalue weighted by atomic mass is 9.96. The summed E-state index contributed by atoms with van der Waals surface area (Å²) in [5.41, 5.74) is 1.16. The van der Waals surface area contributed by atoms with E-state index >= 15 is 0 Å². The molecule has 0 amide bonds. The molecule has 1 unspecified atom stereocenters. The Morgan fingerprint density at radius 1 is 1.26 bits per heavy atom. The Morgan fingerprint density at radius 3 is 2.57 bits per heavy atom. The number of rotatable bonds is 4. The second kappa shape index (κ2) is 9.06. The predicted molar refractivity (Wildman–Crippen MR) is 94.6 cm³/mol. The van der Waals surface area contributed by atoms with Gasteiger partial charge < -0.3 is 4.74 Å². The number of esters is 1. The van der Waals surface area contributed by atoms with Gasteiger partial charge in [0.05, 0.1) is 5.41 Å². The number of benzene rings is 1. The van der Waals surface area contributed by atoms with Crippen LogP contribution in [0.15, 0.2) is 24.3 Å². The van der Waals surface area contributed by atoms with Crippen LogP contribution in [0.4, 0.5) is 0 Å². The maximum Gasteiger partial charge on any atom is 0.312 e. The van der Waals surface area contributed by atoms with Gasteiger partial charge >= 0.3 is 5.97 Å². The third-order valence-corrected chi connectivity index (χ3v) is 3.23. The smallest absolute Gasteiger partial charge is 0.312 e. The number of carbonyl (C=O) groups is 1. The van der Waals surface area contributed by atoms with Gasteiger partial charge in [0.15, 0.2) is 6.10 Å². The molecule has 23 heavy (non-hydrogen) atoms. The van der Waals surface area contributed by atoms with Gasteiger partial charge in [-0.25, -0.2) is 0 Å². The molecule has 0 aliphatic carbocycles. The van der Waals surface area contributed by atoms with Crippen LogP contribution < -0.4 is 0 Å². The van der Waals surface area contributed by atoms with Crippen molar-refractivity contribution in [2.45, 2.75) is 60.0 Å².